The number of unbranched alkanes of at least 4 members (excludes halogenated alkanes) is 10. The Morgan fingerprint density at radius 1 is 0.722 bits per heavy atom. The second-order valence-corrected chi connectivity index (χ2v) is 5.24. The molecule has 1 unspecified atom stereocenters. The molecule has 18 heavy (non-hydrogen) atoms. The van der Waals surface area contributed by atoms with Gasteiger partial charge in [-0.1, -0.05) is 78.1 Å². The molecule has 1 atom stereocenters. The van der Waals surface area contributed by atoms with Crippen molar-refractivity contribution in [3.8, 4) is 0 Å². The average Bonchev–Trinajstić information content (AvgIpc) is 2.39. The topological polar surface area (TPSA) is 29.1 Å². The normalized spacial score (nSPS) is 12.8. The van der Waals surface area contributed by atoms with Crippen LogP contribution in [0.2, 0.25) is 0 Å². The fraction of sp³-hybridized carbons (Fsp3) is 1.00. The Labute approximate surface area is 114 Å². The van der Waals surface area contributed by atoms with E-state index in [1.54, 1.807) is 0 Å². The van der Waals surface area contributed by atoms with Crippen LogP contribution < -0.4 is 0 Å². The predicted octanol–water partition coefficient (Wildman–Crippen LogP) is 5.48. The SMILES string of the molecule is CCCCCCCCCCCCCOC([O])CC. The zero-order chi connectivity index (χ0) is 13.5. The molecule has 0 aromatic carbocycles. The van der Waals surface area contributed by atoms with E-state index in [0.29, 0.717) is 13.0 Å². The van der Waals surface area contributed by atoms with Crippen LogP contribution in [0, 0.1) is 0 Å². The van der Waals surface area contributed by atoms with Crippen molar-refractivity contribution in [3.05, 3.63) is 0 Å². The summed E-state index contributed by atoms with van der Waals surface area (Å²) in [5.41, 5.74) is 0. The number of ether oxygens (including phenoxy) is 1. The highest BCUT2D eigenvalue weighted by Crippen LogP contribution is 2.11. The van der Waals surface area contributed by atoms with Crippen LogP contribution in [0.15, 0.2) is 0 Å². The molecule has 2 nitrogen and oxygen atoms in total. The van der Waals surface area contributed by atoms with Gasteiger partial charge in [-0.05, 0) is 12.8 Å². The molecule has 0 aliphatic rings. The molecule has 0 spiro atoms. The third kappa shape index (κ3) is 14.0. The summed E-state index contributed by atoms with van der Waals surface area (Å²) < 4.78 is 5.12. The second kappa shape index (κ2) is 15.0. The Morgan fingerprint density at radius 2 is 1.17 bits per heavy atom. The van der Waals surface area contributed by atoms with Gasteiger partial charge in [0.25, 0.3) is 0 Å². The third-order valence-electron chi connectivity index (χ3n) is 3.38. The highest BCUT2D eigenvalue weighted by molar-refractivity contribution is 4.48. The van der Waals surface area contributed by atoms with Crippen LogP contribution in [0.5, 0.6) is 0 Å². The molecule has 0 saturated heterocycles. The number of hydrogen-bond acceptors (Lipinski definition) is 1. The Hall–Kier alpha value is -0.0800. The zero-order valence-electron chi connectivity index (χ0n) is 12.6. The monoisotopic (exact) mass is 257 g/mol. The molecule has 0 N–H and O–H groups in total. The van der Waals surface area contributed by atoms with Gasteiger partial charge in [0.1, 0.15) is 0 Å². The Bertz CT molecular complexity index is 148. The van der Waals surface area contributed by atoms with E-state index in [1.807, 2.05) is 6.92 Å². The predicted molar refractivity (Wildman–Crippen MR) is 77.2 cm³/mol. The van der Waals surface area contributed by atoms with Crippen molar-refractivity contribution in [2.24, 2.45) is 0 Å². The molecule has 0 aliphatic carbocycles. The Morgan fingerprint density at radius 3 is 1.61 bits per heavy atom. The van der Waals surface area contributed by atoms with E-state index < -0.39 is 6.29 Å². The molecule has 0 saturated carbocycles. The minimum Gasteiger partial charge on any atom is -0.350 e. The van der Waals surface area contributed by atoms with E-state index >= 15 is 0 Å². The summed E-state index contributed by atoms with van der Waals surface area (Å²) in [5, 5.41) is 11.0. The highest BCUT2D eigenvalue weighted by atomic mass is 16.6. The summed E-state index contributed by atoms with van der Waals surface area (Å²) in [5.74, 6) is 0. The Balaban J connectivity index is 2.94. The highest BCUT2D eigenvalue weighted by Gasteiger charge is 2.00. The van der Waals surface area contributed by atoms with Crippen LogP contribution in [0.3, 0.4) is 0 Å². The average molecular weight is 257 g/mol. The maximum atomic E-state index is 11.0. The van der Waals surface area contributed by atoms with E-state index in [-0.39, 0.29) is 0 Å². The summed E-state index contributed by atoms with van der Waals surface area (Å²) in [6.07, 6.45) is 14.5. The smallest absolute Gasteiger partial charge is 0.191 e. The summed E-state index contributed by atoms with van der Waals surface area (Å²) in [4.78, 5) is 0. The lowest BCUT2D eigenvalue weighted by Gasteiger charge is -2.07. The van der Waals surface area contributed by atoms with Crippen molar-refractivity contribution in [3.63, 3.8) is 0 Å². The maximum absolute atomic E-state index is 11.0. The number of rotatable bonds is 14. The largest absolute Gasteiger partial charge is 0.350 e. The second-order valence-electron chi connectivity index (χ2n) is 5.24. The quantitative estimate of drug-likeness (QED) is 0.299. The molecule has 0 fully saturated rings. The third-order valence-corrected chi connectivity index (χ3v) is 3.38. The molecule has 0 aromatic heterocycles. The van der Waals surface area contributed by atoms with Crippen LogP contribution in [-0.4, -0.2) is 12.9 Å². The van der Waals surface area contributed by atoms with E-state index in [4.69, 9.17) is 4.74 Å². The molecular weight excluding hydrogens is 224 g/mol. The van der Waals surface area contributed by atoms with Crippen molar-refractivity contribution < 1.29 is 9.84 Å². The zero-order valence-corrected chi connectivity index (χ0v) is 12.6. The van der Waals surface area contributed by atoms with Gasteiger partial charge in [-0.15, -0.1) is 0 Å². The summed E-state index contributed by atoms with van der Waals surface area (Å²) in [6.45, 7) is 4.79. The van der Waals surface area contributed by atoms with E-state index in [0.717, 1.165) is 6.42 Å². The lowest BCUT2D eigenvalue weighted by molar-refractivity contribution is -0.141. The molecule has 2 heteroatoms. The fourth-order valence-electron chi connectivity index (χ4n) is 2.10. The standard InChI is InChI=1S/C16H33O2/c1-3-5-6-7-8-9-10-11-12-13-14-15-18-16(17)4-2/h16H,3-15H2,1-2H3. The van der Waals surface area contributed by atoms with Gasteiger partial charge in [-0.25, -0.2) is 5.11 Å². The summed E-state index contributed by atoms with van der Waals surface area (Å²) in [6, 6.07) is 0. The van der Waals surface area contributed by atoms with Crippen molar-refractivity contribution in [1.82, 2.24) is 0 Å². The lowest BCUT2D eigenvalue weighted by atomic mass is 10.1. The minimum absolute atomic E-state index is 0.581. The van der Waals surface area contributed by atoms with Crippen molar-refractivity contribution in [2.45, 2.75) is 97.2 Å². The molecule has 109 valence electrons. The van der Waals surface area contributed by atoms with Gasteiger partial charge in [0.15, 0.2) is 6.29 Å². The number of hydrogen-bond donors (Lipinski definition) is 0. The van der Waals surface area contributed by atoms with E-state index in [1.165, 1.54) is 64.2 Å². The van der Waals surface area contributed by atoms with Crippen LogP contribution in [-0.2, 0) is 9.84 Å². The molecule has 1 radical (unpaired) electrons. The summed E-state index contributed by atoms with van der Waals surface area (Å²) >= 11 is 0. The fourth-order valence-corrected chi connectivity index (χ4v) is 2.10. The molecular formula is C16H33O2. The van der Waals surface area contributed by atoms with E-state index in [9.17, 15) is 5.11 Å². The molecule has 0 heterocycles. The lowest BCUT2D eigenvalue weighted by Crippen LogP contribution is -2.09. The van der Waals surface area contributed by atoms with Gasteiger partial charge in [0.2, 0.25) is 0 Å². The first-order valence-electron chi connectivity index (χ1n) is 8.08. The molecule has 0 amide bonds. The van der Waals surface area contributed by atoms with Crippen LogP contribution >= 0.6 is 0 Å². The first-order chi connectivity index (χ1) is 8.81. The van der Waals surface area contributed by atoms with Crippen molar-refractivity contribution >= 4 is 0 Å². The molecule has 0 aliphatic heterocycles. The first-order valence-corrected chi connectivity index (χ1v) is 8.08. The Kier molecular flexibility index (Phi) is 14.9. The van der Waals surface area contributed by atoms with Gasteiger partial charge < -0.3 is 4.74 Å². The van der Waals surface area contributed by atoms with Crippen LogP contribution in [0.1, 0.15) is 90.9 Å². The molecule has 0 rings (SSSR count). The first kappa shape index (κ1) is 17.9. The van der Waals surface area contributed by atoms with Gasteiger partial charge in [0.05, 0.1) is 0 Å². The van der Waals surface area contributed by atoms with Gasteiger partial charge in [-0.3, -0.25) is 0 Å². The molecule has 0 bridgehead atoms. The maximum Gasteiger partial charge on any atom is 0.191 e. The molecule has 0 aromatic rings. The van der Waals surface area contributed by atoms with Crippen molar-refractivity contribution in [2.75, 3.05) is 6.61 Å². The van der Waals surface area contributed by atoms with Crippen molar-refractivity contribution in [1.29, 1.82) is 0 Å². The van der Waals surface area contributed by atoms with Gasteiger partial charge in [0, 0.05) is 6.61 Å². The minimum atomic E-state index is -0.798. The van der Waals surface area contributed by atoms with Gasteiger partial charge >= 0.3 is 0 Å². The summed E-state index contributed by atoms with van der Waals surface area (Å²) in [7, 11) is 0. The van der Waals surface area contributed by atoms with Crippen LogP contribution in [0.4, 0.5) is 0 Å². The van der Waals surface area contributed by atoms with Gasteiger partial charge in [-0.2, -0.15) is 0 Å². The van der Waals surface area contributed by atoms with E-state index in [2.05, 4.69) is 6.92 Å². The van der Waals surface area contributed by atoms with Crippen LogP contribution in [0.25, 0.3) is 0 Å².